The van der Waals surface area contributed by atoms with E-state index in [1.807, 2.05) is 18.2 Å². The van der Waals surface area contributed by atoms with Gasteiger partial charge in [0.1, 0.15) is 0 Å². The lowest BCUT2D eigenvalue weighted by atomic mass is 10.2. The number of hydrogen-bond acceptors (Lipinski definition) is 5. The fourth-order valence-corrected chi connectivity index (χ4v) is 4.88. The highest BCUT2D eigenvalue weighted by Gasteiger charge is 2.31. The number of methoxy groups -OCH3 is 1. The largest absolute Gasteiger partial charge is 0.493 e. The maximum atomic E-state index is 13.2. The lowest BCUT2D eigenvalue weighted by Gasteiger charge is -2.19. The minimum absolute atomic E-state index is 0.0451. The fraction of sp³-hybridized carbons (Fsp3) is 0.136. The van der Waals surface area contributed by atoms with Crippen LogP contribution in [0.3, 0.4) is 0 Å². The monoisotopic (exact) mass is 409 g/mol. The standard InChI is InChI=1S/C22H19NO5S/c1-27-20-11-4-5-12-21(20)28-22(24)17-8-6-9-18(15-17)29(25,26)23-14-13-16-7-2-3-10-19(16)23/h2-12,15H,13-14H2,1H3. The second kappa shape index (κ2) is 7.60. The van der Waals surface area contributed by atoms with Gasteiger partial charge in [0.2, 0.25) is 0 Å². The van der Waals surface area contributed by atoms with Crippen molar-refractivity contribution in [1.82, 2.24) is 0 Å². The summed E-state index contributed by atoms with van der Waals surface area (Å²) in [6.45, 7) is 0.373. The quantitative estimate of drug-likeness (QED) is 0.475. The lowest BCUT2D eigenvalue weighted by Crippen LogP contribution is -2.29. The highest BCUT2D eigenvalue weighted by Crippen LogP contribution is 2.33. The van der Waals surface area contributed by atoms with Gasteiger partial charge in [-0.3, -0.25) is 4.31 Å². The Morgan fingerprint density at radius 3 is 2.45 bits per heavy atom. The fourth-order valence-electron chi connectivity index (χ4n) is 3.33. The van der Waals surface area contributed by atoms with Crippen LogP contribution in [0.25, 0.3) is 0 Å². The first-order chi connectivity index (χ1) is 14.0. The third-order valence-electron chi connectivity index (χ3n) is 4.77. The number of fused-ring (bicyclic) bond motifs is 1. The van der Waals surface area contributed by atoms with Crippen molar-refractivity contribution in [1.29, 1.82) is 0 Å². The van der Waals surface area contributed by atoms with Gasteiger partial charge in [-0.05, 0) is 48.4 Å². The molecule has 0 unspecified atom stereocenters. The van der Waals surface area contributed by atoms with Gasteiger partial charge < -0.3 is 9.47 Å². The molecule has 4 rings (SSSR count). The molecule has 1 aliphatic rings. The van der Waals surface area contributed by atoms with Crippen LogP contribution in [0.5, 0.6) is 11.5 Å². The van der Waals surface area contributed by atoms with Crippen LogP contribution in [0.4, 0.5) is 5.69 Å². The molecular formula is C22H19NO5S. The van der Waals surface area contributed by atoms with Crippen molar-refractivity contribution in [2.45, 2.75) is 11.3 Å². The summed E-state index contributed by atoms with van der Waals surface area (Å²) in [7, 11) is -2.31. The normalized spacial score (nSPS) is 13.1. The Hall–Kier alpha value is -3.32. The van der Waals surface area contributed by atoms with Crippen LogP contribution in [-0.2, 0) is 16.4 Å². The average Bonchev–Trinajstić information content (AvgIpc) is 3.19. The zero-order valence-electron chi connectivity index (χ0n) is 15.7. The summed E-state index contributed by atoms with van der Waals surface area (Å²) in [5.41, 5.74) is 1.81. The van der Waals surface area contributed by atoms with Crippen LogP contribution in [0.2, 0.25) is 0 Å². The maximum Gasteiger partial charge on any atom is 0.343 e. The first-order valence-electron chi connectivity index (χ1n) is 9.06. The SMILES string of the molecule is COc1ccccc1OC(=O)c1cccc(S(=O)(=O)N2CCc3ccccc32)c1. The van der Waals surface area contributed by atoms with E-state index in [0.717, 1.165) is 5.56 Å². The molecule has 1 heterocycles. The molecule has 3 aromatic carbocycles. The first-order valence-corrected chi connectivity index (χ1v) is 10.5. The summed E-state index contributed by atoms with van der Waals surface area (Å²) in [5.74, 6) is 0.0217. The van der Waals surface area contributed by atoms with Crippen molar-refractivity contribution in [2.24, 2.45) is 0 Å². The van der Waals surface area contributed by atoms with Gasteiger partial charge in [-0.25, -0.2) is 13.2 Å². The van der Waals surface area contributed by atoms with Gasteiger partial charge in [-0.2, -0.15) is 0 Å². The molecule has 3 aromatic rings. The van der Waals surface area contributed by atoms with Gasteiger partial charge in [-0.15, -0.1) is 0 Å². The van der Waals surface area contributed by atoms with E-state index in [1.54, 1.807) is 30.3 Å². The lowest BCUT2D eigenvalue weighted by molar-refractivity contribution is 0.0729. The van der Waals surface area contributed by atoms with Gasteiger partial charge in [0.15, 0.2) is 11.5 Å². The maximum absolute atomic E-state index is 13.2. The number of carbonyl (C=O) groups is 1. The summed E-state index contributed by atoms with van der Waals surface area (Å²) in [6, 6.07) is 20.1. The number of hydrogen-bond donors (Lipinski definition) is 0. The topological polar surface area (TPSA) is 72.9 Å². The number of nitrogens with zero attached hydrogens (tertiary/aromatic N) is 1. The molecule has 6 nitrogen and oxygen atoms in total. The van der Waals surface area contributed by atoms with Crippen LogP contribution < -0.4 is 13.8 Å². The zero-order valence-corrected chi connectivity index (χ0v) is 16.6. The summed E-state index contributed by atoms with van der Waals surface area (Å²) >= 11 is 0. The molecule has 0 bridgehead atoms. The Balaban J connectivity index is 1.63. The van der Waals surface area contributed by atoms with Crippen molar-refractivity contribution < 1.29 is 22.7 Å². The molecule has 0 N–H and O–H groups in total. The van der Waals surface area contributed by atoms with Crippen LogP contribution >= 0.6 is 0 Å². The highest BCUT2D eigenvalue weighted by molar-refractivity contribution is 7.92. The second-order valence-electron chi connectivity index (χ2n) is 6.52. The van der Waals surface area contributed by atoms with Gasteiger partial charge in [0.05, 0.1) is 23.3 Å². The van der Waals surface area contributed by atoms with Gasteiger partial charge in [0.25, 0.3) is 10.0 Å². The zero-order chi connectivity index (χ0) is 20.4. The van der Waals surface area contributed by atoms with Crippen molar-refractivity contribution in [3.05, 3.63) is 83.9 Å². The molecule has 0 radical (unpaired) electrons. The minimum atomic E-state index is -3.79. The number of sulfonamides is 1. The molecule has 0 amide bonds. The van der Waals surface area contributed by atoms with E-state index < -0.39 is 16.0 Å². The number of carbonyl (C=O) groups excluding carboxylic acids is 1. The molecule has 29 heavy (non-hydrogen) atoms. The molecule has 0 atom stereocenters. The number of anilines is 1. The van der Waals surface area contributed by atoms with E-state index >= 15 is 0 Å². The Morgan fingerprint density at radius 2 is 1.66 bits per heavy atom. The highest BCUT2D eigenvalue weighted by atomic mass is 32.2. The summed E-state index contributed by atoms with van der Waals surface area (Å²) in [6.07, 6.45) is 0.658. The van der Waals surface area contributed by atoms with Crippen molar-refractivity contribution >= 4 is 21.7 Å². The Morgan fingerprint density at radius 1 is 0.931 bits per heavy atom. The Labute approximate surface area is 169 Å². The molecule has 148 valence electrons. The average molecular weight is 409 g/mol. The minimum Gasteiger partial charge on any atom is -0.493 e. The molecular weight excluding hydrogens is 390 g/mol. The molecule has 0 aromatic heterocycles. The van der Waals surface area contributed by atoms with Crippen LogP contribution in [-0.4, -0.2) is 28.0 Å². The second-order valence-corrected chi connectivity index (χ2v) is 8.39. The third-order valence-corrected chi connectivity index (χ3v) is 6.58. The predicted molar refractivity (Wildman–Crippen MR) is 109 cm³/mol. The van der Waals surface area contributed by atoms with E-state index in [9.17, 15) is 13.2 Å². The summed E-state index contributed by atoms with van der Waals surface area (Å²) in [5, 5.41) is 0. The smallest absolute Gasteiger partial charge is 0.343 e. The van der Waals surface area contributed by atoms with Gasteiger partial charge >= 0.3 is 5.97 Å². The first kappa shape index (κ1) is 19.0. The van der Waals surface area contributed by atoms with Gasteiger partial charge in [-0.1, -0.05) is 36.4 Å². The number of ether oxygens (including phenoxy) is 2. The van der Waals surface area contributed by atoms with Crippen LogP contribution in [0.1, 0.15) is 15.9 Å². The van der Waals surface area contributed by atoms with E-state index in [4.69, 9.17) is 9.47 Å². The molecule has 0 spiro atoms. The molecule has 0 aliphatic carbocycles. The van der Waals surface area contributed by atoms with E-state index in [0.29, 0.717) is 24.4 Å². The number of para-hydroxylation sites is 3. The number of benzene rings is 3. The number of rotatable bonds is 5. The Kier molecular flexibility index (Phi) is 4.98. The van der Waals surface area contributed by atoms with Crippen LogP contribution in [0.15, 0.2) is 77.7 Å². The summed E-state index contributed by atoms with van der Waals surface area (Å²) < 4.78 is 38.3. The van der Waals surface area contributed by atoms with E-state index in [-0.39, 0.29) is 16.2 Å². The van der Waals surface area contributed by atoms with Crippen molar-refractivity contribution in [3.63, 3.8) is 0 Å². The molecule has 7 heteroatoms. The van der Waals surface area contributed by atoms with Gasteiger partial charge in [0, 0.05) is 6.54 Å². The van der Waals surface area contributed by atoms with E-state index in [2.05, 4.69) is 0 Å². The van der Waals surface area contributed by atoms with E-state index in [1.165, 1.54) is 35.7 Å². The van der Waals surface area contributed by atoms with Crippen molar-refractivity contribution in [3.8, 4) is 11.5 Å². The number of esters is 1. The molecule has 0 saturated heterocycles. The molecule has 1 aliphatic heterocycles. The summed E-state index contributed by atoms with van der Waals surface area (Å²) in [4.78, 5) is 12.6. The molecule has 0 saturated carbocycles. The van der Waals surface area contributed by atoms with Crippen molar-refractivity contribution in [2.75, 3.05) is 18.0 Å². The molecule has 0 fully saturated rings. The Bertz CT molecular complexity index is 1170. The third kappa shape index (κ3) is 3.56. The predicted octanol–water partition coefficient (Wildman–Crippen LogP) is 3.67. The van der Waals surface area contributed by atoms with Crippen LogP contribution in [0, 0.1) is 0 Å².